The van der Waals surface area contributed by atoms with Gasteiger partial charge in [-0.1, -0.05) is 41.4 Å². The molecule has 178 valence electrons. The van der Waals surface area contributed by atoms with Crippen LogP contribution in [0.25, 0.3) is 6.08 Å². The van der Waals surface area contributed by atoms with Gasteiger partial charge in [-0.3, -0.25) is 14.9 Å². The van der Waals surface area contributed by atoms with Crippen LogP contribution in [0.3, 0.4) is 0 Å². The number of halogens is 1. The fourth-order valence-electron chi connectivity index (χ4n) is 3.39. The number of hydrogen-bond donors (Lipinski definition) is 1. The van der Waals surface area contributed by atoms with Crippen molar-refractivity contribution in [2.24, 2.45) is 0 Å². The third-order valence-corrected chi connectivity index (χ3v) is 6.63. The first kappa shape index (κ1) is 24.2. The van der Waals surface area contributed by atoms with Crippen molar-refractivity contribution < 1.29 is 27.0 Å². The first-order valence-corrected chi connectivity index (χ1v) is 12.1. The summed E-state index contributed by atoms with van der Waals surface area (Å²) in [6.07, 6.45) is 1.14. The molecule has 1 aliphatic rings. The number of nitrogens with one attached hydrogen (secondary N) is 1. The molecule has 0 aliphatic carbocycles. The minimum absolute atomic E-state index is 0.0604. The van der Waals surface area contributed by atoms with Crippen LogP contribution < -0.4 is 14.4 Å². The molecule has 8 nitrogen and oxygen atoms in total. The van der Waals surface area contributed by atoms with Crippen molar-refractivity contribution in [1.29, 1.82) is 0 Å². The highest BCUT2D eigenvalue weighted by Gasteiger charge is 2.37. The number of nitrogens with zero attached hydrogens (tertiary/aromatic N) is 1. The van der Waals surface area contributed by atoms with E-state index in [1.54, 1.807) is 43.3 Å². The normalized spacial score (nSPS) is 15.3. The van der Waals surface area contributed by atoms with E-state index in [9.17, 15) is 22.8 Å². The summed E-state index contributed by atoms with van der Waals surface area (Å²) in [6.45, 7) is 3.61. The summed E-state index contributed by atoms with van der Waals surface area (Å²) >= 11 is 6.09. The molecule has 0 atom stereocenters. The van der Waals surface area contributed by atoms with E-state index in [0.29, 0.717) is 0 Å². The summed E-state index contributed by atoms with van der Waals surface area (Å²) in [4.78, 5) is 38.9. The lowest BCUT2D eigenvalue weighted by molar-refractivity contribution is -0.122. The summed E-state index contributed by atoms with van der Waals surface area (Å²) in [7, 11) is -4.22. The first-order chi connectivity index (χ1) is 16.5. The third-order valence-electron chi connectivity index (χ3n) is 5.14. The summed E-state index contributed by atoms with van der Waals surface area (Å²) in [5.41, 5.74) is 1.61. The summed E-state index contributed by atoms with van der Waals surface area (Å²) in [5, 5.41) is 2.34. The third kappa shape index (κ3) is 5.11. The van der Waals surface area contributed by atoms with Crippen molar-refractivity contribution in [2.75, 3.05) is 4.90 Å². The van der Waals surface area contributed by atoms with Gasteiger partial charge in [0.05, 0.1) is 5.69 Å². The van der Waals surface area contributed by atoms with E-state index in [-0.39, 0.29) is 26.9 Å². The van der Waals surface area contributed by atoms with Gasteiger partial charge in [0.25, 0.3) is 11.8 Å². The van der Waals surface area contributed by atoms with E-state index in [2.05, 4.69) is 5.32 Å². The smallest absolute Gasteiger partial charge is 0.339 e. The molecule has 0 unspecified atom stereocenters. The molecule has 10 heteroatoms. The molecule has 35 heavy (non-hydrogen) atoms. The molecule has 0 saturated carbocycles. The number of benzene rings is 3. The molecule has 1 heterocycles. The van der Waals surface area contributed by atoms with Crippen molar-refractivity contribution in [3.05, 3.63) is 94.0 Å². The summed E-state index contributed by atoms with van der Waals surface area (Å²) in [5.74, 6) is -1.96. The Bertz CT molecular complexity index is 1500. The lowest BCUT2D eigenvalue weighted by Crippen LogP contribution is -2.54. The standard InChI is InChI=1S/C25H19ClN2O6S/c1-15-6-9-20(10-7-15)35(32,33)34-22-11-8-18(26)13-17(22)14-21-23(29)27-25(31)28(24(21)30)19-5-3-4-16(2)12-19/h3-14H,1-2H3,(H,27,29,31)/b21-14+. The Hall–Kier alpha value is -3.95. The molecule has 1 saturated heterocycles. The Morgan fingerprint density at radius 2 is 1.63 bits per heavy atom. The molecular formula is C25H19ClN2O6S. The minimum Gasteiger partial charge on any atom is -0.378 e. The van der Waals surface area contributed by atoms with Crippen molar-refractivity contribution in [2.45, 2.75) is 18.7 Å². The van der Waals surface area contributed by atoms with Crippen molar-refractivity contribution >= 4 is 51.3 Å². The van der Waals surface area contributed by atoms with Gasteiger partial charge in [-0.2, -0.15) is 8.42 Å². The average Bonchev–Trinajstić information content (AvgIpc) is 2.78. The van der Waals surface area contributed by atoms with E-state index in [1.807, 2.05) is 6.92 Å². The fraction of sp³-hybridized carbons (Fsp3) is 0.0800. The van der Waals surface area contributed by atoms with Gasteiger partial charge < -0.3 is 4.18 Å². The SMILES string of the molecule is Cc1ccc(S(=O)(=O)Oc2ccc(Cl)cc2/C=C2\C(=O)NC(=O)N(c3cccc(C)c3)C2=O)cc1. The Labute approximate surface area is 206 Å². The van der Waals surface area contributed by atoms with E-state index >= 15 is 0 Å². The van der Waals surface area contributed by atoms with E-state index < -0.39 is 33.5 Å². The number of anilines is 1. The molecular weight excluding hydrogens is 492 g/mol. The van der Waals surface area contributed by atoms with Crippen molar-refractivity contribution in [3.63, 3.8) is 0 Å². The summed E-state index contributed by atoms with van der Waals surface area (Å²) in [6, 6.07) is 15.9. The van der Waals surface area contributed by atoms with Gasteiger partial charge >= 0.3 is 16.1 Å². The maximum absolute atomic E-state index is 13.2. The van der Waals surface area contributed by atoms with Gasteiger partial charge in [-0.15, -0.1) is 0 Å². The van der Waals surface area contributed by atoms with E-state index in [4.69, 9.17) is 15.8 Å². The number of amides is 4. The molecule has 0 aromatic heterocycles. The number of aryl methyl sites for hydroxylation is 2. The van der Waals surface area contributed by atoms with Crippen molar-refractivity contribution in [1.82, 2.24) is 5.32 Å². The van der Waals surface area contributed by atoms with Crippen LogP contribution in [0.4, 0.5) is 10.5 Å². The van der Waals surface area contributed by atoms with E-state index in [1.165, 1.54) is 30.3 Å². The van der Waals surface area contributed by atoms with Gasteiger partial charge in [0.2, 0.25) is 0 Å². The van der Waals surface area contributed by atoms with Crippen LogP contribution in [0.5, 0.6) is 5.75 Å². The Balaban J connectivity index is 1.75. The molecule has 3 aromatic rings. The quantitative estimate of drug-likeness (QED) is 0.309. The van der Waals surface area contributed by atoms with Crippen LogP contribution in [0, 0.1) is 13.8 Å². The van der Waals surface area contributed by atoms with Crippen molar-refractivity contribution in [3.8, 4) is 5.75 Å². The lowest BCUT2D eigenvalue weighted by Gasteiger charge is -2.26. The zero-order valence-electron chi connectivity index (χ0n) is 18.6. The highest BCUT2D eigenvalue weighted by Crippen LogP contribution is 2.30. The number of barbiturate groups is 1. The molecule has 3 aromatic carbocycles. The number of carbonyl (C=O) groups excluding carboxylic acids is 3. The van der Waals surface area contributed by atoms with Gasteiger partial charge in [0.15, 0.2) is 0 Å². The van der Waals surface area contributed by atoms with Gasteiger partial charge in [0.1, 0.15) is 16.2 Å². The van der Waals surface area contributed by atoms with Crippen LogP contribution in [0.1, 0.15) is 16.7 Å². The molecule has 0 radical (unpaired) electrons. The maximum Gasteiger partial charge on any atom is 0.339 e. The Kier molecular flexibility index (Phi) is 6.47. The number of urea groups is 1. The number of hydrogen-bond acceptors (Lipinski definition) is 6. The Morgan fingerprint density at radius 3 is 2.31 bits per heavy atom. The zero-order chi connectivity index (χ0) is 25.3. The van der Waals surface area contributed by atoms with Gasteiger partial charge in [-0.25, -0.2) is 9.69 Å². The summed E-state index contributed by atoms with van der Waals surface area (Å²) < 4.78 is 30.9. The first-order valence-electron chi connectivity index (χ1n) is 10.3. The predicted molar refractivity (Wildman–Crippen MR) is 131 cm³/mol. The van der Waals surface area contributed by atoms with Crippen LogP contribution in [0.15, 0.2) is 77.2 Å². The minimum atomic E-state index is -4.22. The van der Waals surface area contributed by atoms with Crippen LogP contribution >= 0.6 is 11.6 Å². The second kappa shape index (κ2) is 9.36. The fourth-order valence-corrected chi connectivity index (χ4v) is 4.53. The highest BCUT2D eigenvalue weighted by atomic mass is 35.5. The molecule has 0 bridgehead atoms. The molecule has 1 aliphatic heterocycles. The number of rotatable bonds is 5. The van der Waals surface area contributed by atoms with Gasteiger partial charge in [-0.05, 0) is 68.0 Å². The Morgan fingerprint density at radius 1 is 0.914 bits per heavy atom. The molecule has 1 N–H and O–H groups in total. The van der Waals surface area contributed by atoms with E-state index in [0.717, 1.165) is 22.1 Å². The number of imide groups is 2. The maximum atomic E-state index is 13.2. The lowest BCUT2D eigenvalue weighted by atomic mass is 10.1. The van der Waals surface area contributed by atoms with Gasteiger partial charge in [0, 0.05) is 10.6 Å². The molecule has 0 spiro atoms. The highest BCUT2D eigenvalue weighted by molar-refractivity contribution is 7.87. The average molecular weight is 511 g/mol. The van der Waals surface area contributed by atoms with Crippen LogP contribution in [-0.4, -0.2) is 26.3 Å². The predicted octanol–water partition coefficient (Wildman–Crippen LogP) is 4.39. The number of carbonyl (C=O) groups is 3. The topological polar surface area (TPSA) is 110 Å². The second-order valence-electron chi connectivity index (χ2n) is 7.83. The molecule has 1 fully saturated rings. The van der Waals surface area contributed by atoms with Crippen LogP contribution in [-0.2, 0) is 19.7 Å². The second-order valence-corrected chi connectivity index (χ2v) is 9.81. The molecule has 4 amide bonds. The van der Waals surface area contributed by atoms with Crippen LogP contribution in [0.2, 0.25) is 5.02 Å². The largest absolute Gasteiger partial charge is 0.378 e. The monoisotopic (exact) mass is 510 g/mol. The zero-order valence-corrected chi connectivity index (χ0v) is 20.2. The molecule has 4 rings (SSSR count).